The first kappa shape index (κ1) is 18.1. The summed E-state index contributed by atoms with van der Waals surface area (Å²) in [5.41, 5.74) is 1.50. The molecule has 0 spiro atoms. The third-order valence-electron chi connectivity index (χ3n) is 4.00. The van der Waals surface area contributed by atoms with Gasteiger partial charge in [-0.05, 0) is 56.3 Å². The first-order chi connectivity index (χ1) is 12.3. The Morgan fingerprint density at radius 2 is 1.88 bits per heavy atom. The number of fused-ring (bicyclic) bond motifs is 1. The van der Waals surface area contributed by atoms with E-state index in [1.807, 2.05) is 12.1 Å². The second-order valence-corrected chi connectivity index (χ2v) is 6.89. The number of amides is 2. The molecule has 0 radical (unpaired) electrons. The fraction of sp³-hybridized carbons (Fsp3) is 0.211. The number of nitrogens with one attached hydrogen (secondary N) is 1. The van der Waals surface area contributed by atoms with Gasteiger partial charge in [0.15, 0.2) is 11.9 Å². The van der Waals surface area contributed by atoms with Crippen LogP contribution in [0, 0.1) is 0 Å². The number of rotatable bonds is 4. The number of hydrogen-bond donors (Lipinski definition) is 1. The average molecular weight is 417 g/mol. The maximum Gasteiger partial charge on any atom is 0.268 e. The normalized spacial score (nSPS) is 15.9. The van der Waals surface area contributed by atoms with E-state index in [0.717, 1.165) is 4.47 Å². The van der Waals surface area contributed by atoms with Crippen molar-refractivity contribution >= 4 is 44.9 Å². The fourth-order valence-electron chi connectivity index (χ4n) is 2.67. The number of ether oxygens (including phenoxy) is 1. The van der Waals surface area contributed by atoms with Gasteiger partial charge in [0, 0.05) is 15.7 Å². The Morgan fingerprint density at radius 1 is 1.19 bits per heavy atom. The highest BCUT2D eigenvalue weighted by molar-refractivity contribution is 9.10. The van der Waals surface area contributed by atoms with Crippen LogP contribution in [0.15, 0.2) is 46.9 Å². The largest absolute Gasteiger partial charge is 0.479 e. The number of carbonyl (C=O) groups excluding carboxylic acids is 3. The van der Waals surface area contributed by atoms with Crippen LogP contribution in [0.1, 0.15) is 24.2 Å². The van der Waals surface area contributed by atoms with Crippen molar-refractivity contribution in [3.63, 3.8) is 0 Å². The monoisotopic (exact) mass is 416 g/mol. The van der Waals surface area contributed by atoms with E-state index in [4.69, 9.17) is 4.74 Å². The van der Waals surface area contributed by atoms with Crippen molar-refractivity contribution in [1.82, 2.24) is 0 Å². The number of hydrogen-bond acceptors (Lipinski definition) is 4. The van der Waals surface area contributed by atoms with Gasteiger partial charge in [-0.15, -0.1) is 0 Å². The molecule has 2 aromatic carbocycles. The lowest BCUT2D eigenvalue weighted by Gasteiger charge is -2.32. The summed E-state index contributed by atoms with van der Waals surface area (Å²) in [5, 5.41) is 2.76. The quantitative estimate of drug-likeness (QED) is 0.774. The van der Waals surface area contributed by atoms with Crippen molar-refractivity contribution < 1.29 is 19.1 Å². The molecule has 0 aromatic heterocycles. The number of halogens is 1. The molecule has 1 aliphatic heterocycles. The molecular formula is C19H17BrN2O4. The molecule has 2 amide bonds. The minimum Gasteiger partial charge on any atom is -0.479 e. The standard InChI is InChI=1S/C19H17BrN2O4/c1-11(23)13-3-8-17-16(9-13)22(19(25)12(2)26-17)10-18(24)21-15-6-4-14(20)5-7-15/h3-9,12H,10H2,1-2H3,(H,21,24). The zero-order chi connectivity index (χ0) is 18.8. The summed E-state index contributed by atoms with van der Waals surface area (Å²) < 4.78 is 6.48. The lowest BCUT2D eigenvalue weighted by Crippen LogP contribution is -2.47. The Bertz CT molecular complexity index is 880. The van der Waals surface area contributed by atoms with Crippen molar-refractivity contribution in [1.29, 1.82) is 0 Å². The van der Waals surface area contributed by atoms with Gasteiger partial charge < -0.3 is 10.1 Å². The molecule has 0 fully saturated rings. The van der Waals surface area contributed by atoms with Crippen LogP contribution in [-0.4, -0.2) is 30.2 Å². The molecule has 1 aliphatic rings. The smallest absolute Gasteiger partial charge is 0.268 e. The molecule has 0 bridgehead atoms. The van der Waals surface area contributed by atoms with Crippen molar-refractivity contribution in [3.05, 3.63) is 52.5 Å². The molecular weight excluding hydrogens is 400 g/mol. The van der Waals surface area contributed by atoms with Crippen molar-refractivity contribution in [2.45, 2.75) is 20.0 Å². The van der Waals surface area contributed by atoms with Gasteiger partial charge in [-0.25, -0.2) is 0 Å². The van der Waals surface area contributed by atoms with E-state index < -0.39 is 6.10 Å². The van der Waals surface area contributed by atoms with E-state index >= 15 is 0 Å². The summed E-state index contributed by atoms with van der Waals surface area (Å²) in [5.74, 6) is -0.324. The van der Waals surface area contributed by atoms with E-state index in [2.05, 4.69) is 21.2 Å². The predicted molar refractivity (Wildman–Crippen MR) is 102 cm³/mol. The molecule has 1 unspecified atom stereocenters. The Hall–Kier alpha value is -2.67. The van der Waals surface area contributed by atoms with Crippen LogP contribution in [0.25, 0.3) is 0 Å². The van der Waals surface area contributed by atoms with Crippen LogP contribution in [0.2, 0.25) is 0 Å². The molecule has 1 heterocycles. The molecule has 0 aliphatic carbocycles. The van der Waals surface area contributed by atoms with Gasteiger partial charge in [0.05, 0.1) is 5.69 Å². The number of Topliss-reactive ketones (excluding diaryl/α,β-unsaturated/α-hetero) is 1. The number of nitrogens with zero attached hydrogens (tertiary/aromatic N) is 1. The van der Waals surface area contributed by atoms with Crippen LogP contribution in [0.5, 0.6) is 5.75 Å². The van der Waals surface area contributed by atoms with Crippen LogP contribution in [0.3, 0.4) is 0 Å². The van der Waals surface area contributed by atoms with Gasteiger partial charge in [0.25, 0.3) is 5.91 Å². The first-order valence-electron chi connectivity index (χ1n) is 8.03. The number of benzene rings is 2. The number of anilines is 2. The van der Waals surface area contributed by atoms with Gasteiger partial charge in [0.2, 0.25) is 5.91 Å². The fourth-order valence-corrected chi connectivity index (χ4v) is 2.93. The number of ketones is 1. The maximum atomic E-state index is 12.5. The molecule has 1 N–H and O–H groups in total. The molecule has 6 nitrogen and oxygen atoms in total. The molecule has 7 heteroatoms. The van der Waals surface area contributed by atoms with E-state index in [0.29, 0.717) is 22.7 Å². The van der Waals surface area contributed by atoms with Crippen molar-refractivity contribution in [3.8, 4) is 5.75 Å². The van der Waals surface area contributed by atoms with Crippen LogP contribution < -0.4 is 15.0 Å². The van der Waals surface area contributed by atoms with E-state index in [1.165, 1.54) is 11.8 Å². The third-order valence-corrected chi connectivity index (χ3v) is 4.53. The second-order valence-electron chi connectivity index (χ2n) is 5.98. The molecule has 0 saturated carbocycles. The van der Waals surface area contributed by atoms with E-state index in [-0.39, 0.29) is 24.1 Å². The maximum absolute atomic E-state index is 12.5. The second kappa shape index (κ2) is 7.29. The van der Waals surface area contributed by atoms with Gasteiger partial charge >= 0.3 is 0 Å². The molecule has 1 atom stereocenters. The predicted octanol–water partition coefficient (Wildman–Crippen LogP) is 3.40. The summed E-state index contributed by atoms with van der Waals surface area (Å²) in [6.07, 6.45) is -0.703. The highest BCUT2D eigenvalue weighted by atomic mass is 79.9. The summed E-state index contributed by atoms with van der Waals surface area (Å²) in [4.78, 5) is 38.0. The minimum atomic E-state index is -0.703. The Balaban J connectivity index is 1.85. The summed E-state index contributed by atoms with van der Waals surface area (Å²) in [6.45, 7) is 2.90. The highest BCUT2D eigenvalue weighted by Gasteiger charge is 2.33. The van der Waals surface area contributed by atoms with E-state index in [1.54, 1.807) is 37.3 Å². The van der Waals surface area contributed by atoms with Crippen LogP contribution in [-0.2, 0) is 9.59 Å². The lowest BCUT2D eigenvalue weighted by atomic mass is 10.1. The van der Waals surface area contributed by atoms with Crippen LogP contribution in [0.4, 0.5) is 11.4 Å². The van der Waals surface area contributed by atoms with Crippen molar-refractivity contribution in [2.75, 3.05) is 16.8 Å². The van der Waals surface area contributed by atoms with Gasteiger partial charge in [-0.1, -0.05) is 15.9 Å². The summed E-state index contributed by atoms with van der Waals surface area (Å²) in [6, 6.07) is 12.0. The Kier molecular flexibility index (Phi) is 5.08. The zero-order valence-electron chi connectivity index (χ0n) is 14.3. The molecule has 0 saturated heterocycles. The molecule has 134 valence electrons. The van der Waals surface area contributed by atoms with E-state index in [9.17, 15) is 14.4 Å². The first-order valence-corrected chi connectivity index (χ1v) is 8.83. The van der Waals surface area contributed by atoms with Crippen LogP contribution >= 0.6 is 15.9 Å². The molecule has 26 heavy (non-hydrogen) atoms. The Labute approximate surface area is 159 Å². The third kappa shape index (κ3) is 3.77. The SMILES string of the molecule is CC(=O)c1ccc2c(c1)N(CC(=O)Nc1ccc(Br)cc1)C(=O)C(C)O2. The highest BCUT2D eigenvalue weighted by Crippen LogP contribution is 2.35. The summed E-state index contributed by atoms with van der Waals surface area (Å²) in [7, 11) is 0. The topological polar surface area (TPSA) is 75.7 Å². The average Bonchev–Trinajstić information content (AvgIpc) is 2.60. The number of carbonyl (C=O) groups is 3. The lowest BCUT2D eigenvalue weighted by molar-refractivity contribution is -0.127. The van der Waals surface area contributed by atoms with Crippen molar-refractivity contribution in [2.24, 2.45) is 0 Å². The van der Waals surface area contributed by atoms with Gasteiger partial charge in [-0.2, -0.15) is 0 Å². The summed E-state index contributed by atoms with van der Waals surface area (Å²) >= 11 is 3.34. The zero-order valence-corrected chi connectivity index (χ0v) is 15.9. The minimum absolute atomic E-state index is 0.127. The molecule has 2 aromatic rings. The Morgan fingerprint density at radius 3 is 2.54 bits per heavy atom. The molecule has 3 rings (SSSR count). The van der Waals surface area contributed by atoms with Gasteiger partial charge in [0.1, 0.15) is 12.3 Å². The van der Waals surface area contributed by atoms with Gasteiger partial charge in [-0.3, -0.25) is 19.3 Å².